The topological polar surface area (TPSA) is 89.3 Å². The molecule has 6 nitrogen and oxygen atoms in total. The van der Waals surface area contributed by atoms with Crippen LogP contribution in [0.25, 0.3) is 0 Å². The molecule has 7 heteroatoms. The zero-order valence-electron chi connectivity index (χ0n) is 9.80. The van der Waals surface area contributed by atoms with Gasteiger partial charge < -0.3 is 5.32 Å². The number of nitro benzene ring substituents is 1. The van der Waals surface area contributed by atoms with Gasteiger partial charge in [-0.05, 0) is 26.0 Å². The van der Waals surface area contributed by atoms with Gasteiger partial charge in [0.1, 0.15) is 10.6 Å². The summed E-state index contributed by atoms with van der Waals surface area (Å²) >= 11 is 0. The molecule has 0 bridgehead atoms. The highest BCUT2D eigenvalue weighted by Gasteiger charge is 2.26. The number of anilines is 1. The van der Waals surface area contributed by atoms with Crippen molar-refractivity contribution in [3.05, 3.63) is 28.3 Å². The van der Waals surface area contributed by atoms with E-state index in [2.05, 4.69) is 5.32 Å². The second kappa shape index (κ2) is 4.70. The van der Waals surface area contributed by atoms with Crippen LogP contribution in [0.15, 0.2) is 23.1 Å². The Balaban J connectivity index is 3.49. The first kappa shape index (κ1) is 13.4. The van der Waals surface area contributed by atoms with Gasteiger partial charge in [0.15, 0.2) is 9.84 Å². The van der Waals surface area contributed by atoms with Crippen LogP contribution in [0.5, 0.6) is 0 Å². The van der Waals surface area contributed by atoms with Crippen molar-refractivity contribution in [2.75, 3.05) is 11.6 Å². The Hall–Kier alpha value is -1.63. The third-order valence-corrected chi connectivity index (χ3v) is 3.15. The van der Waals surface area contributed by atoms with Crippen molar-refractivity contribution in [1.29, 1.82) is 0 Å². The first-order valence-electron chi connectivity index (χ1n) is 4.97. The van der Waals surface area contributed by atoms with Gasteiger partial charge in [-0.2, -0.15) is 0 Å². The number of para-hydroxylation sites is 1. The minimum Gasteiger partial charge on any atom is -0.377 e. The molecule has 1 N–H and O–H groups in total. The van der Waals surface area contributed by atoms with E-state index in [0.29, 0.717) is 0 Å². The number of hydrogen-bond donors (Lipinski definition) is 1. The molecule has 1 rings (SSSR count). The Morgan fingerprint density at radius 1 is 1.35 bits per heavy atom. The fourth-order valence-corrected chi connectivity index (χ4v) is 2.30. The number of nitrogens with one attached hydrogen (secondary N) is 1. The van der Waals surface area contributed by atoms with Crippen LogP contribution in [0.4, 0.5) is 11.4 Å². The standard InChI is InChI=1S/C10H14N2O4S/c1-7(2)11-8-5-4-6-9(17(3,15)16)10(8)12(13)14/h4-7,11H,1-3H3. The Labute approximate surface area is 99.7 Å². The van der Waals surface area contributed by atoms with Crippen LogP contribution >= 0.6 is 0 Å². The van der Waals surface area contributed by atoms with Gasteiger partial charge in [0, 0.05) is 12.3 Å². The fraction of sp³-hybridized carbons (Fsp3) is 0.400. The molecular formula is C10H14N2O4S. The molecule has 94 valence electrons. The summed E-state index contributed by atoms with van der Waals surface area (Å²) < 4.78 is 22.9. The Kier molecular flexibility index (Phi) is 3.72. The van der Waals surface area contributed by atoms with Gasteiger partial charge in [0.25, 0.3) is 0 Å². The van der Waals surface area contributed by atoms with Crippen LogP contribution in [-0.2, 0) is 9.84 Å². The lowest BCUT2D eigenvalue weighted by Gasteiger charge is -2.11. The van der Waals surface area contributed by atoms with Crippen LogP contribution < -0.4 is 5.32 Å². The summed E-state index contributed by atoms with van der Waals surface area (Å²) in [6, 6.07) is 4.18. The number of rotatable bonds is 4. The molecule has 0 aliphatic rings. The predicted octanol–water partition coefficient (Wildman–Crippen LogP) is 1.82. The molecular weight excluding hydrogens is 244 g/mol. The lowest BCUT2D eigenvalue weighted by atomic mass is 10.2. The lowest BCUT2D eigenvalue weighted by Crippen LogP contribution is -2.13. The largest absolute Gasteiger partial charge is 0.377 e. The second-order valence-electron chi connectivity index (χ2n) is 3.98. The highest BCUT2D eigenvalue weighted by atomic mass is 32.2. The summed E-state index contributed by atoms with van der Waals surface area (Å²) in [7, 11) is -3.62. The van der Waals surface area contributed by atoms with E-state index in [1.807, 2.05) is 13.8 Å². The summed E-state index contributed by atoms with van der Waals surface area (Å²) in [6.45, 7) is 3.63. The average Bonchev–Trinajstić information content (AvgIpc) is 2.14. The van der Waals surface area contributed by atoms with Gasteiger partial charge in [-0.3, -0.25) is 10.1 Å². The molecule has 0 saturated heterocycles. The molecule has 0 radical (unpaired) electrons. The monoisotopic (exact) mass is 258 g/mol. The quantitative estimate of drug-likeness (QED) is 0.657. The zero-order chi connectivity index (χ0) is 13.2. The summed E-state index contributed by atoms with van der Waals surface area (Å²) in [5, 5.41) is 13.8. The van der Waals surface area contributed by atoms with E-state index in [1.54, 1.807) is 0 Å². The Morgan fingerprint density at radius 2 is 1.94 bits per heavy atom. The SMILES string of the molecule is CC(C)Nc1cccc(S(C)(=O)=O)c1[N+](=O)[O-]. The van der Waals surface area contributed by atoms with E-state index in [-0.39, 0.29) is 16.6 Å². The van der Waals surface area contributed by atoms with Crippen molar-refractivity contribution in [1.82, 2.24) is 0 Å². The fourth-order valence-electron chi connectivity index (χ4n) is 1.44. The maximum atomic E-state index is 11.5. The predicted molar refractivity (Wildman–Crippen MR) is 65.0 cm³/mol. The zero-order valence-corrected chi connectivity index (χ0v) is 10.6. The van der Waals surface area contributed by atoms with Gasteiger partial charge in [-0.15, -0.1) is 0 Å². The number of sulfone groups is 1. The summed E-state index contributed by atoms with van der Waals surface area (Å²) in [5.74, 6) is 0. The molecule has 0 heterocycles. The normalized spacial score (nSPS) is 11.5. The molecule has 1 aromatic rings. The van der Waals surface area contributed by atoms with Crippen molar-refractivity contribution >= 4 is 21.2 Å². The van der Waals surface area contributed by atoms with Crippen molar-refractivity contribution in [3.63, 3.8) is 0 Å². The minimum atomic E-state index is -3.62. The van der Waals surface area contributed by atoms with E-state index in [1.165, 1.54) is 18.2 Å². The third-order valence-electron chi connectivity index (χ3n) is 2.03. The van der Waals surface area contributed by atoms with Gasteiger partial charge in [-0.1, -0.05) is 6.07 Å². The number of hydrogen-bond acceptors (Lipinski definition) is 5. The van der Waals surface area contributed by atoms with E-state index in [0.717, 1.165) is 6.26 Å². The Bertz CT molecular complexity index is 537. The molecule has 0 aliphatic carbocycles. The highest BCUT2D eigenvalue weighted by Crippen LogP contribution is 2.32. The number of benzene rings is 1. The molecule has 0 aromatic heterocycles. The number of nitrogens with zero attached hydrogens (tertiary/aromatic N) is 1. The van der Waals surface area contributed by atoms with Crippen LogP contribution in [-0.4, -0.2) is 25.6 Å². The minimum absolute atomic E-state index is 0.0245. The molecule has 17 heavy (non-hydrogen) atoms. The maximum absolute atomic E-state index is 11.5. The van der Waals surface area contributed by atoms with Gasteiger partial charge in [0.2, 0.25) is 0 Å². The molecule has 1 aromatic carbocycles. The van der Waals surface area contributed by atoms with Crippen molar-refractivity contribution < 1.29 is 13.3 Å². The average molecular weight is 258 g/mol. The molecule has 0 amide bonds. The van der Waals surface area contributed by atoms with E-state index in [9.17, 15) is 18.5 Å². The first-order valence-corrected chi connectivity index (χ1v) is 6.86. The smallest absolute Gasteiger partial charge is 0.310 e. The van der Waals surface area contributed by atoms with Crippen molar-refractivity contribution in [3.8, 4) is 0 Å². The van der Waals surface area contributed by atoms with Crippen LogP contribution in [0.1, 0.15) is 13.8 Å². The van der Waals surface area contributed by atoms with Crippen LogP contribution in [0.3, 0.4) is 0 Å². The van der Waals surface area contributed by atoms with Gasteiger partial charge in [0.05, 0.1) is 4.92 Å². The second-order valence-corrected chi connectivity index (χ2v) is 5.96. The van der Waals surface area contributed by atoms with Crippen LogP contribution in [0.2, 0.25) is 0 Å². The van der Waals surface area contributed by atoms with Crippen molar-refractivity contribution in [2.24, 2.45) is 0 Å². The van der Waals surface area contributed by atoms with Gasteiger partial charge >= 0.3 is 5.69 Å². The van der Waals surface area contributed by atoms with Crippen LogP contribution in [0, 0.1) is 10.1 Å². The van der Waals surface area contributed by atoms with E-state index >= 15 is 0 Å². The molecule has 0 spiro atoms. The van der Waals surface area contributed by atoms with Crippen molar-refractivity contribution in [2.45, 2.75) is 24.8 Å². The first-order chi connectivity index (χ1) is 7.73. The highest BCUT2D eigenvalue weighted by molar-refractivity contribution is 7.90. The summed E-state index contributed by atoms with van der Waals surface area (Å²) in [6.07, 6.45) is 0.953. The van der Waals surface area contributed by atoms with Gasteiger partial charge in [-0.25, -0.2) is 8.42 Å². The maximum Gasteiger partial charge on any atom is 0.310 e. The summed E-state index contributed by atoms with van der Waals surface area (Å²) in [5.41, 5.74) is -0.184. The third kappa shape index (κ3) is 3.16. The molecule has 0 atom stereocenters. The molecule has 0 aliphatic heterocycles. The molecule has 0 fully saturated rings. The molecule has 0 unspecified atom stereocenters. The lowest BCUT2D eigenvalue weighted by molar-refractivity contribution is -0.386. The molecule has 0 saturated carbocycles. The Morgan fingerprint density at radius 3 is 2.35 bits per heavy atom. The number of nitro groups is 1. The summed E-state index contributed by atoms with van der Waals surface area (Å²) in [4.78, 5) is 10.0. The van der Waals surface area contributed by atoms with E-state index < -0.39 is 20.4 Å². The van der Waals surface area contributed by atoms with E-state index in [4.69, 9.17) is 0 Å².